The lowest BCUT2D eigenvalue weighted by Gasteiger charge is -2.09. The molecule has 7 heteroatoms. The maximum Gasteiger partial charge on any atom is 0.346 e. The highest BCUT2D eigenvalue weighted by atomic mass is 19.2. The van der Waals surface area contributed by atoms with Crippen LogP contribution < -0.4 is 10.1 Å². The van der Waals surface area contributed by atoms with Crippen LogP contribution >= 0.6 is 0 Å². The molecule has 0 radical (unpaired) electrons. The third-order valence-corrected chi connectivity index (χ3v) is 3.71. The van der Waals surface area contributed by atoms with Crippen LogP contribution in [0.1, 0.15) is 21.5 Å². The molecule has 0 spiro atoms. The lowest BCUT2D eigenvalue weighted by Crippen LogP contribution is -2.24. The Bertz CT molecular complexity index is 836. The second-order valence-corrected chi connectivity index (χ2v) is 5.32. The first-order chi connectivity index (χ1) is 11.5. The molecule has 0 saturated heterocycles. The van der Waals surface area contributed by atoms with Gasteiger partial charge in [-0.15, -0.1) is 0 Å². The standard InChI is InChI=1S/C17H12F3NO3/c18-13-4-3-12(15(19)16(13)20)17(23)24-11-2-1-9-8-14(22)21-6-5-10(9)7-11/h1-4,7H,5-6,8H2,(H,21,22). The summed E-state index contributed by atoms with van der Waals surface area (Å²) in [7, 11) is 0. The highest BCUT2D eigenvalue weighted by Crippen LogP contribution is 2.23. The minimum Gasteiger partial charge on any atom is -0.423 e. The van der Waals surface area contributed by atoms with Crippen molar-refractivity contribution < 1.29 is 27.5 Å². The second-order valence-electron chi connectivity index (χ2n) is 5.32. The van der Waals surface area contributed by atoms with E-state index in [0.717, 1.165) is 17.2 Å². The third kappa shape index (κ3) is 3.10. The van der Waals surface area contributed by atoms with E-state index < -0.39 is 29.0 Å². The average molecular weight is 335 g/mol. The van der Waals surface area contributed by atoms with Crippen LogP contribution in [0.5, 0.6) is 5.75 Å². The molecular weight excluding hydrogens is 323 g/mol. The van der Waals surface area contributed by atoms with Crippen molar-refractivity contribution in [1.82, 2.24) is 5.32 Å². The van der Waals surface area contributed by atoms with Gasteiger partial charge in [-0.2, -0.15) is 0 Å². The van der Waals surface area contributed by atoms with Gasteiger partial charge in [-0.05, 0) is 41.8 Å². The summed E-state index contributed by atoms with van der Waals surface area (Å²) in [6.07, 6.45) is 0.785. The first kappa shape index (κ1) is 16.0. The molecule has 1 N–H and O–H groups in total. The molecule has 1 heterocycles. The molecule has 0 aliphatic carbocycles. The van der Waals surface area contributed by atoms with Crippen molar-refractivity contribution in [2.24, 2.45) is 0 Å². The highest BCUT2D eigenvalue weighted by Gasteiger charge is 2.21. The Morgan fingerprint density at radius 2 is 1.83 bits per heavy atom. The number of benzene rings is 2. The summed E-state index contributed by atoms with van der Waals surface area (Å²) in [6, 6.07) is 6.16. The zero-order valence-corrected chi connectivity index (χ0v) is 12.4. The Hall–Kier alpha value is -2.83. The molecular formula is C17H12F3NO3. The topological polar surface area (TPSA) is 55.4 Å². The summed E-state index contributed by atoms with van der Waals surface area (Å²) in [5.74, 6) is -5.79. The van der Waals surface area contributed by atoms with E-state index in [2.05, 4.69) is 5.32 Å². The molecule has 0 aromatic heterocycles. The zero-order chi connectivity index (χ0) is 17.3. The maximum atomic E-state index is 13.6. The number of nitrogens with one attached hydrogen (secondary N) is 1. The summed E-state index contributed by atoms with van der Waals surface area (Å²) in [4.78, 5) is 23.5. The van der Waals surface area contributed by atoms with E-state index in [9.17, 15) is 22.8 Å². The number of hydrogen-bond donors (Lipinski definition) is 1. The van der Waals surface area contributed by atoms with Crippen molar-refractivity contribution >= 4 is 11.9 Å². The van der Waals surface area contributed by atoms with Gasteiger partial charge in [-0.3, -0.25) is 4.79 Å². The molecule has 124 valence electrons. The lowest BCUT2D eigenvalue weighted by atomic mass is 10.0. The number of carbonyl (C=O) groups excluding carboxylic acids is 2. The smallest absolute Gasteiger partial charge is 0.346 e. The van der Waals surface area contributed by atoms with Gasteiger partial charge in [0.25, 0.3) is 0 Å². The highest BCUT2D eigenvalue weighted by molar-refractivity contribution is 5.91. The first-order valence-electron chi connectivity index (χ1n) is 7.20. The summed E-state index contributed by atoms with van der Waals surface area (Å²) >= 11 is 0. The normalized spacial score (nSPS) is 13.7. The summed E-state index contributed by atoms with van der Waals surface area (Å²) in [6.45, 7) is 0.459. The molecule has 0 fully saturated rings. The Morgan fingerprint density at radius 3 is 2.62 bits per heavy atom. The molecule has 24 heavy (non-hydrogen) atoms. The Morgan fingerprint density at radius 1 is 1.04 bits per heavy atom. The van der Waals surface area contributed by atoms with Crippen LogP contribution in [0.4, 0.5) is 13.2 Å². The minimum atomic E-state index is -1.73. The van der Waals surface area contributed by atoms with Crippen LogP contribution in [0, 0.1) is 17.5 Å². The molecule has 0 saturated carbocycles. The number of carbonyl (C=O) groups is 2. The molecule has 2 aromatic rings. The van der Waals surface area contributed by atoms with Gasteiger partial charge in [0.2, 0.25) is 5.91 Å². The predicted octanol–water partition coefficient (Wildman–Crippen LogP) is 2.54. The van der Waals surface area contributed by atoms with Crippen molar-refractivity contribution in [3.8, 4) is 5.75 Å². The molecule has 0 atom stereocenters. The van der Waals surface area contributed by atoms with E-state index in [0.29, 0.717) is 19.0 Å². The van der Waals surface area contributed by atoms with Gasteiger partial charge in [0.15, 0.2) is 17.5 Å². The van der Waals surface area contributed by atoms with Crippen molar-refractivity contribution in [1.29, 1.82) is 0 Å². The number of fused-ring (bicyclic) bond motifs is 1. The third-order valence-electron chi connectivity index (χ3n) is 3.71. The molecule has 0 bridgehead atoms. The van der Waals surface area contributed by atoms with E-state index in [1.54, 1.807) is 12.1 Å². The van der Waals surface area contributed by atoms with Crippen molar-refractivity contribution in [2.75, 3.05) is 6.54 Å². The van der Waals surface area contributed by atoms with E-state index in [1.165, 1.54) is 6.07 Å². The molecule has 2 aromatic carbocycles. The van der Waals surface area contributed by atoms with Gasteiger partial charge in [0, 0.05) is 6.54 Å². The zero-order valence-electron chi connectivity index (χ0n) is 12.4. The van der Waals surface area contributed by atoms with Crippen LogP contribution in [-0.2, 0) is 17.6 Å². The van der Waals surface area contributed by atoms with Crippen molar-refractivity contribution in [3.63, 3.8) is 0 Å². The Kier molecular flexibility index (Phi) is 4.24. The van der Waals surface area contributed by atoms with E-state index in [-0.39, 0.29) is 18.1 Å². The Labute approximate surface area is 135 Å². The monoisotopic (exact) mass is 335 g/mol. The second kappa shape index (κ2) is 6.35. The maximum absolute atomic E-state index is 13.6. The molecule has 3 rings (SSSR count). The van der Waals surface area contributed by atoms with E-state index in [1.807, 2.05) is 0 Å². The van der Waals surface area contributed by atoms with Crippen LogP contribution in [0.3, 0.4) is 0 Å². The van der Waals surface area contributed by atoms with E-state index in [4.69, 9.17) is 4.74 Å². The fraction of sp³-hybridized carbons (Fsp3) is 0.176. The largest absolute Gasteiger partial charge is 0.423 e. The summed E-state index contributed by atoms with van der Waals surface area (Å²) in [5, 5.41) is 2.72. The van der Waals surface area contributed by atoms with Gasteiger partial charge >= 0.3 is 5.97 Å². The molecule has 0 unspecified atom stereocenters. The predicted molar refractivity (Wildman–Crippen MR) is 78.1 cm³/mol. The quantitative estimate of drug-likeness (QED) is 0.521. The number of amides is 1. The van der Waals surface area contributed by atoms with Crippen LogP contribution in [0.2, 0.25) is 0 Å². The summed E-state index contributed by atoms with van der Waals surface area (Å²) in [5.41, 5.74) is 0.939. The fourth-order valence-electron chi connectivity index (χ4n) is 2.49. The van der Waals surface area contributed by atoms with Gasteiger partial charge in [0.05, 0.1) is 12.0 Å². The van der Waals surface area contributed by atoms with Crippen LogP contribution in [0.15, 0.2) is 30.3 Å². The number of halogens is 3. The van der Waals surface area contributed by atoms with Crippen molar-refractivity contribution in [3.05, 3.63) is 64.5 Å². The molecule has 1 amide bonds. The van der Waals surface area contributed by atoms with Gasteiger partial charge in [-0.1, -0.05) is 6.07 Å². The fourth-order valence-corrected chi connectivity index (χ4v) is 2.49. The Balaban J connectivity index is 1.84. The molecule has 1 aliphatic rings. The summed E-state index contributed by atoms with van der Waals surface area (Å²) < 4.78 is 44.8. The number of ether oxygens (including phenoxy) is 1. The molecule has 1 aliphatic heterocycles. The SMILES string of the molecule is O=C1Cc2ccc(OC(=O)c3ccc(F)c(F)c3F)cc2CCN1. The van der Waals surface area contributed by atoms with E-state index >= 15 is 0 Å². The van der Waals surface area contributed by atoms with Gasteiger partial charge in [0.1, 0.15) is 5.75 Å². The first-order valence-corrected chi connectivity index (χ1v) is 7.20. The van der Waals surface area contributed by atoms with Crippen LogP contribution in [0.25, 0.3) is 0 Å². The van der Waals surface area contributed by atoms with Crippen LogP contribution in [-0.4, -0.2) is 18.4 Å². The van der Waals surface area contributed by atoms with Gasteiger partial charge < -0.3 is 10.1 Å². The lowest BCUT2D eigenvalue weighted by molar-refractivity contribution is -0.120. The van der Waals surface area contributed by atoms with Gasteiger partial charge in [-0.25, -0.2) is 18.0 Å². The number of hydrogen-bond acceptors (Lipinski definition) is 3. The molecule has 4 nitrogen and oxygen atoms in total. The average Bonchev–Trinajstić information content (AvgIpc) is 2.73. The number of esters is 1. The number of rotatable bonds is 2. The van der Waals surface area contributed by atoms with Crippen molar-refractivity contribution in [2.45, 2.75) is 12.8 Å². The minimum absolute atomic E-state index is 0.0950.